The fraction of sp³-hybridized carbons (Fsp3) is 0.500. The van der Waals surface area contributed by atoms with Gasteiger partial charge in [-0.25, -0.2) is 0 Å². The summed E-state index contributed by atoms with van der Waals surface area (Å²) in [6, 6.07) is 5.11. The van der Waals surface area contributed by atoms with Crippen LogP contribution in [0.15, 0.2) is 24.3 Å². The maximum Gasteiger partial charge on any atom is 0.416 e. The fourth-order valence-electron chi connectivity index (χ4n) is 1.83. The highest BCUT2D eigenvalue weighted by atomic mass is 19.4. The third-order valence-electron chi connectivity index (χ3n) is 3.24. The molecule has 1 N–H and O–H groups in total. The van der Waals surface area contributed by atoms with E-state index < -0.39 is 23.1 Å². The number of hydrogen-bond acceptors (Lipinski definition) is 2. The molecule has 7 heteroatoms. The van der Waals surface area contributed by atoms with Gasteiger partial charge in [-0.15, -0.1) is 0 Å². The zero-order chi connectivity index (χ0) is 17.8. The van der Waals surface area contributed by atoms with Gasteiger partial charge in [0.15, 0.2) is 0 Å². The average molecular weight is 330 g/mol. The Labute approximate surface area is 133 Å². The third-order valence-corrected chi connectivity index (χ3v) is 3.24. The first-order valence-electron chi connectivity index (χ1n) is 7.10. The molecule has 0 aromatic heterocycles. The molecule has 0 radical (unpaired) electrons. The first kappa shape index (κ1) is 19.0. The maximum atomic E-state index is 12.9. The molecule has 0 atom stereocenters. The summed E-state index contributed by atoms with van der Waals surface area (Å²) in [5.74, 6) is -0.755. The molecule has 0 unspecified atom stereocenters. The fourth-order valence-corrected chi connectivity index (χ4v) is 1.83. The lowest BCUT2D eigenvalue weighted by atomic mass is 9.96. The number of carbonyl (C=O) groups excluding carboxylic acids is 2. The van der Waals surface area contributed by atoms with Crippen molar-refractivity contribution in [2.24, 2.45) is 5.41 Å². The molecule has 0 aliphatic carbocycles. The molecule has 0 bridgehead atoms. The minimum atomic E-state index is -4.47. The van der Waals surface area contributed by atoms with Crippen LogP contribution in [0.1, 0.15) is 31.9 Å². The molecule has 23 heavy (non-hydrogen) atoms. The van der Waals surface area contributed by atoms with Crippen molar-refractivity contribution in [1.82, 2.24) is 10.2 Å². The summed E-state index contributed by atoms with van der Waals surface area (Å²) in [5.41, 5.74) is -1.39. The van der Waals surface area contributed by atoms with E-state index in [0.29, 0.717) is 0 Å². The Morgan fingerprint density at radius 3 is 2.22 bits per heavy atom. The highest BCUT2D eigenvalue weighted by Crippen LogP contribution is 2.32. The topological polar surface area (TPSA) is 49.4 Å². The van der Waals surface area contributed by atoms with Crippen molar-refractivity contribution in [2.45, 2.75) is 33.5 Å². The lowest BCUT2D eigenvalue weighted by Crippen LogP contribution is -2.42. The molecule has 4 nitrogen and oxygen atoms in total. The molecule has 2 amide bonds. The van der Waals surface area contributed by atoms with E-state index >= 15 is 0 Å². The number of rotatable bonds is 4. The van der Waals surface area contributed by atoms with Crippen molar-refractivity contribution in [3.8, 4) is 0 Å². The number of carbonyl (C=O) groups is 2. The first-order valence-corrected chi connectivity index (χ1v) is 7.10. The minimum absolute atomic E-state index is 0.0120. The third kappa shape index (κ3) is 5.58. The van der Waals surface area contributed by atoms with Crippen LogP contribution in [0, 0.1) is 5.41 Å². The molecular formula is C16H21F3N2O2. The van der Waals surface area contributed by atoms with Crippen LogP contribution in [-0.2, 0) is 22.3 Å². The molecule has 128 valence electrons. The van der Waals surface area contributed by atoms with Crippen molar-refractivity contribution in [2.75, 3.05) is 13.6 Å². The quantitative estimate of drug-likeness (QED) is 0.923. The van der Waals surface area contributed by atoms with Gasteiger partial charge in [-0.05, 0) is 11.6 Å². The van der Waals surface area contributed by atoms with E-state index in [9.17, 15) is 22.8 Å². The van der Waals surface area contributed by atoms with Gasteiger partial charge in [-0.1, -0.05) is 39.0 Å². The Kier molecular flexibility index (Phi) is 5.80. The van der Waals surface area contributed by atoms with Crippen molar-refractivity contribution in [3.05, 3.63) is 35.4 Å². The van der Waals surface area contributed by atoms with Crippen LogP contribution in [0.3, 0.4) is 0 Å². The molecular weight excluding hydrogens is 309 g/mol. The van der Waals surface area contributed by atoms with Gasteiger partial charge in [0.25, 0.3) is 0 Å². The van der Waals surface area contributed by atoms with Gasteiger partial charge >= 0.3 is 6.18 Å². The highest BCUT2D eigenvalue weighted by Gasteiger charge is 2.33. The zero-order valence-corrected chi connectivity index (χ0v) is 13.6. The van der Waals surface area contributed by atoms with E-state index in [4.69, 9.17) is 0 Å². The summed E-state index contributed by atoms with van der Waals surface area (Å²) in [6.07, 6.45) is -4.47. The van der Waals surface area contributed by atoms with Crippen molar-refractivity contribution in [3.63, 3.8) is 0 Å². The van der Waals surface area contributed by atoms with E-state index in [1.165, 1.54) is 25.2 Å². The van der Waals surface area contributed by atoms with E-state index in [-0.39, 0.29) is 24.6 Å². The number of nitrogens with zero attached hydrogens (tertiary/aromatic N) is 1. The number of halogens is 3. The number of amides is 2. The molecule has 1 aromatic rings. The summed E-state index contributed by atoms with van der Waals surface area (Å²) in [5, 5.41) is 2.48. The van der Waals surface area contributed by atoms with Gasteiger partial charge in [0, 0.05) is 19.0 Å². The Morgan fingerprint density at radius 1 is 1.13 bits per heavy atom. The summed E-state index contributed by atoms with van der Waals surface area (Å²) >= 11 is 0. The Bertz CT molecular complexity index is 577. The average Bonchev–Trinajstić information content (AvgIpc) is 2.42. The summed E-state index contributed by atoms with van der Waals surface area (Å²) in [4.78, 5) is 24.8. The number of benzene rings is 1. The molecule has 0 aliphatic rings. The molecule has 1 rings (SSSR count). The largest absolute Gasteiger partial charge is 0.416 e. The van der Waals surface area contributed by atoms with E-state index in [1.807, 2.05) is 0 Å². The van der Waals surface area contributed by atoms with Crippen LogP contribution >= 0.6 is 0 Å². The predicted molar refractivity (Wildman–Crippen MR) is 80.4 cm³/mol. The molecule has 1 aromatic carbocycles. The van der Waals surface area contributed by atoms with Crippen molar-refractivity contribution >= 4 is 11.8 Å². The van der Waals surface area contributed by atoms with Crippen LogP contribution in [0.2, 0.25) is 0 Å². The Balaban J connectivity index is 2.72. The van der Waals surface area contributed by atoms with Crippen LogP contribution in [0.4, 0.5) is 13.2 Å². The van der Waals surface area contributed by atoms with Crippen molar-refractivity contribution < 1.29 is 22.8 Å². The summed E-state index contributed by atoms with van der Waals surface area (Å²) in [7, 11) is 1.40. The van der Waals surface area contributed by atoms with Crippen LogP contribution in [0.25, 0.3) is 0 Å². The first-order chi connectivity index (χ1) is 10.4. The zero-order valence-electron chi connectivity index (χ0n) is 13.6. The number of nitrogens with one attached hydrogen (secondary N) is 1. The Morgan fingerprint density at radius 2 is 1.70 bits per heavy atom. The van der Waals surface area contributed by atoms with Crippen molar-refractivity contribution in [1.29, 1.82) is 0 Å². The van der Waals surface area contributed by atoms with Crippen LogP contribution in [0.5, 0.6) is 0 Å². The lowest BCUT2D eigenvalue weighted by Gasteiger charge is -2.22. The molecule has 0 saturated carbocycles. The summed E-state index contributed by atoms with van der Waals surface area (Å²) in [6.45, 7) is 4.68. The smallest absolute Gasteiger partial charge is 0.347 e. The number of alkyl halides is 3. The molecule has 0 spiro atoms. The van der Waals surface area contributed by atoms with Gasteiger partial charge in [-0.2, -0.15) is 13.2 Å². The van der Waals surface area contributed by atoms with Gasteiger partial charge in [0.05, 0.1) is 12.1 Å². The lowest BCUT2D eigenvalue weighted by molar-refractivity contribution is -0.139. The minimum Gasteiger partial charge on any atom is -0.347 e. The van der Waals surface area contributed by atoms with E-state index in [1.54, 1.807) is 20.8 Å². The number of hydrogen-bond donors (Lipinski definition) is 1. The standard InChI is InChI=1S/C16H21F3N2O2/c1-15(2,3)14(23)20-9-13(22)21(4)10-11-7-5-6-8-12(11)16(17,18)19/h5-8H,9-10H2,1-4H3,(H,20,23). The Hall–Kier alpha value is -2.05. The second-order valence-corrected chi connectivity index (χ2v) is 6.34. The van der Waals surface area contributed by atoms with Gasteiger partial charge in [0.2, 0.25) is 11.8 Å². The van der Waals surface area contributed by atoms with Crippen LogP contribution in [-0.4, -0.2) is 30.3 Å². The highest BCUT2D eigenvalue weighted by molar-refractivity contribution is 5.87. The van der Waals surface area contributed by atoms with Crippen LogP contribution < -0.4 is 5.32 Å². The predicted octanol–water partition coefficient (Wildman–Crippen LogP) is 2.83. The molecule has 0 heterocycles. The van der Waals surface area contributed by atoms with E-state index in [0.717, 1.165) is 11.0 Å². The molecule has 0 saturated heterocycles. The molecule has 0 aliphatic heterocycles. The second kappa shape index (κ2) is 7.02. The normalized spacial score (nSPS) is 12.0. The van der Waals surface area contributed by atoms with E-state index in [2.05, 4.69) is 5.32 Å². The number of likely N-dealkylation sites (N-methyl/N-ethyl adjacent to an activating group) is 1. The molecule has 0 fully saturated rings. The van der Waals surface area contributed by atoms with Gasteiger partial charge in [-0.3, -0.25) is 9.59 Å². The van der Waals surface area contributed by atoms with Gasteiger partial charge < -0.3 is 10.2 Å². The maximum absolute atomic E-state index is 12.9. The second-order valence-electron chi connectivity index (χ2n) is 6.34. The summed E-state index contributed by atoms with van der Waals surface area (Å²) < 4.78 is 38.8. The monoisotopic (exact) mass is 330 g/mol. The van der Waals surface area contributed by atoms with Gasteiger partial charge in [0.1, 0.15) is 0 Å². The SMILES string of the molecule is CN(Cc1ccccc1C(F)(F)F)C(=O)CNC(=O)C(C)(C)C.